The van der Waals surface area contributed by atoms with Crippen LogP contribution in [0.5, 0.6) is 0 Å². The van der Waals surface area contributed by atoms with Gasteiger partial charge < -0.3 is 4.90 Å². The fourth-order valence-electron chi connectivity index (χ4n) is 3.89. The maximum absolute atomic E-state index is 12.5. The van der Waals surface area contributed by atoms with Gasteiger partial charge in [0.2, 0.25) is 5.91 Å². The zero-order valence-corrected chi connectivity index (χ0v) is 13.3. The molecule has 22 heavy (non-hydrogen) atoms. The number of hydrogen-bond donors (Lipinski definition) is 0. The number of likely N-dealkylation sites (tertiary alicyclic amines) is 1. The molecule has 2 saturated heterocycles. The number of carbonyl (C=O) groups is 1. The van der Waals surface area contributed by atoms with Crippen molar-refractivity contribution in [1.29, 1.82) is 0 Å². The van der Waals surface area contributed by atoms with Crippen LogP contribution in [0.15, 0.2) is 47.2 Å². The van der Waals surface area contributed by atoms with E-state index in [0.29, 0.717) is 18.5 Å². The molecule has 0 N–H and O–H groups in total. The topological polar surface area (TPSA) is 23.6 Å². The molecule has 2 fully saturated rings. The number of thiophene rings is 1. The lowest BCUT2D eigenvalue weighted by Gasteiger charge is -2.39. The smallest absolute Gasteiger partial charge is 0.227 e. The number of fused-ring (bicyclic) bond motifs is 1. The highest BCUT2D eigenvalue weighted by molar-refractivity contribution is 7.07. The minimum Gasteiger partial charge on any atom is -0.308 e. The zero-order chi connectivity index (χ0) is 14.9. The van der Waals surface area contributed by atoms with Crippen molar-refractivity contribution in [3.8, 4) is 0 Å². The summed E-state index contributed by atoms with van der Waals surface area (Å²) in [4.78, 5) is 17.1. The molecule has 3 nitrogen and oxygen atoms in total. The normalized spacial score (nSPS) is 25.5. The summed E-state index contributed by atoms with van der Waals surface area (Å²) in [7, 11) is 0. The number of para-hydroxylation sites is 1. The first-order chi connectivity index (χ1) is 10.8. The van der Waals surface area contributed by atoms with Gasteiger partial charge in [-0.05, 0) is 47.4 Å². The molecule has 1 amide bonds. The summed E-state index contributed by atoms with van der Waals surface area (Å²) < 4.78 is 0. The Morgan fingerprint density at radius 1 is 1.09 bits per heavy atom. The quantitative estimate of drug-likeness (QED) is 0.866. The van der Waals surface area contributed by atoms with Crippen LogP contribution in [0.3, 0.4) is 0 Å². The van der Waals surface area contributed by atoms with Crippen LogP contribution in [0.25, 0.3) is 0 Å². The van der Waals surface area contributed by atoms with Crippen LogP contribution in [0.1, 0.15) is 24.8 Å². The highest BCUT2D eigenvalue weighted by Gasteiger charge is 2.43. The van der Waals surface area contributed by atoms with E-state index < -0.39 is 0 Å². The summed E-state index contributed by atoms with van der Waals surface area (Å²) >= 11 is 1.76. The van der Waals surface area contributed by atoms with Gasteiger partial charge in [-0.2, -0.15) is 11.3 Å². The predicted octanol–water partition coefficient (Wildman–Crippen LogP) is 3.52. The number of rotatable bonds is 3. The van der Waals surface area contributed by atoms with E-state index in [2.05, 4.69) is 38.8 Å². The molecule has 0 saturated carbocycles. The third-order valence-corrected chi connectivity index (χ3v) is 5.61. The highest BCUT2D eigenvalue weighted by Crippen LogP contribution is 2.35. The van der Waals surface area contributed by atoms with E-state index in [4.69, 9.17) is 0 Å². The zero-order valence-electron chi connectivity index (χ0n) is 12.5. The van der Waals surface area contributed by atoms with E-state index in [1.54, 1.807) is 11.3 Å². The SMILES string of the molecule is O=C1CC[C@@H]2[C@@H](CCN2Cc2ccsc2)N1c1ccccc1. The van der Waals surface area contributed by atoms with Crippen LogP contribution in [0.4, 0.5) is 5.69 Å². The van der Waals surface area contributed by atoms with Gasteiger partial charge in [0.25, 0.3) is 0 Å². The molecule has 3 heterocycles. The van der Waals surface area contributed by atoms with Gasteiger partial charge in [-0.15, -0.1) is 0 Å². The molecule has 0 spiro atoms. The Kier molecular flexibility index (Phi) is 3.72. The van der Waals surface area contributed by atoms with E-state index in [-0.39, 0.29) is 5.91 Å². The summed E-state index contributed by atoms with van der Waals surface area (Å²) in [6, 6.07) is 13.2. The van der Waals surface area contributed by atoms with Crippen molar-refractivity contribution in [3.63, 3.8) is 0 Å². The van der Waals surface area contributed by atoms with E-state index in [0.717, 1.165) is 31.6 Å². The first-order valence-corrected chi connectivity index (χ1v) is 8.89. The lowest BCUT2D eigenvalue weighted by atomic mass is 9.95. The second-order valence-corrected chi connectivity index (χ2v) is 6.94. The molecule has 4 heteroatoms. The molecule has 0 aliphatic carbocycles. The van der Waals surface area contributed by atoms with Crippen LogP contribution in [0, 0.1) is 0 Å². The van der Waals surface area contributed by atoms with Crippen molar-refractivity contribution in [1.82, 2.24) is 4.90 Å². The number of nitrogens with zero attached hydrogens (tertiary/aromatic N) is 2. The third kappa shape index (κ3) is 2.46. The molecule has 0 bridgehead atoms. The van der Waals surface area contributed by atoms with E-state index >= 15 is 0 Å². The van der Waals surface area contributed by atoms with Gasteiger partial charge in [-0.1, -0.05) is 18.2 Å². The number of amides is 1. The molecular formula is C18H20N2OS. The fraction of sp³-hybridized carbons (Fsp3) is 0.389. The van der Waals surface area contributed by atoms with Crippen molar-refractivity contribution in [3.05, 3.63) is 52.7 Å². The maximum atomic E-state index is 12.5. The molecule has 2 aliphatic rings. The number of carbonyl (C=O) groups excluding carboxylic acids is 1. The first-order valence-electron chi connectivity index (χ1n) is 7.95. The summed E-state index contributed by atoms with van der Waals surface area (Å²) in [6.45, 7) is 2.10. The highest BCUT2D eigenvalue weighted by atomic mass is 32.1. The van der Waals surface area contributed by atoms with Crippen molar-refractivity contribution in [2.75, 3.05) is 11.4 Å². The molecule has 2 atom stereocenters. The summed E-state index contributed by atoms with van der Waals surface area (Å²) in [5.74, 6) is 0.282. The average molecular weight is 312 g/mol. The minimum atomic E-state index is 0.282. The third-order valence-electron chi connectivity index (χ3n) is 4.88. The van der Waals surface area contributed by atoms with Crippen LogP contribution < -0.4 is 4.90 Å². The lowest BCUT2D eigenvalue weighted by Crippen LogP contribution is -2.52. The van der Waals surface area contributed by atoms with Gasteiger partial charge >= 0.3 is 0 Å². The van der Waals surface area contributed by atoms with Crippen molar-refractivity contribution in [2.24, 2.45) is 0 Å². The molecule has 4 rings (SSSR count). The molecule has 1 aromatic carbocycles. The number of anilines is 1. The van der Waals surface area contributed by atoms with Gasteiger partial charge in [0, 0.05) is 31.2 Å². The van der Waals surface area contributed by atoms with Crippen LogP contribution in [-0.2, 0) is 11.3 Å². The standard InChI is InChI=1S/C18H20N2OS/c21-18-7-6-16-17(20(18)15-4-2-1-3-5-15)8-10-19(16)12-14-9-11-22-13-14/h1-5,9,11,13,16-17H,6-8,10,12H2/t16-,17-/m1/s1. The molecular weight excluding hydrogens is 292 g/mol. The summed E-state index contributed by atoms with van der Waals surface area (Å²) in [6.07, 6.45) is 2.74. The van der Waals surface area contributed by atoms with E-state index in [1.807, 2.05) is 18.2 Å². The van der Waals surface area contributed by atoms with Gasteiger partial charge in [0.05, 0.1) is 6.04 Å². The van der Waals surface area contributed by atoms with Gasteiger partial charge in [-0.3, -0.25) is 9.69 Å². The van der Waals surface area contributed by atoms with Gasteiger partial charge in [0.15, 0.2) is 0 Å². The van der Waals surface area contributed by atoms with Crippen molar-refractivity contribution in [2.45, 2.75) is 37.9 Å². The average Bonchev–Trinajstić information content (AvgIpc) is 3.19. The first kappa shape index (κ1) is 14.0. The molecule has 114 valence electrons. The number of benzene rings is 1. The largest absolute Gasteiger partial charge is 0.308 e. The monoisotopic (exact) mass is 312 g/mol. The Bertz CT molecular complexity index is 640. The summed E-state index contributed by atoms with van der Waals surface area (Å²) in [5.41, 5.74) is 2.45. The van der Waals surface area contributed by atoms with Crippen LogP contribution >= 0.6 is 11.3 Å². The second kappa shape index (κ2) is 5.86. The predicted molar refractivity (Wildman–Crippen MR) is 90.1 cm³/mol. The Labute approximate surface area is 135 Å². The van der Waals surface area contributed by atoms with Crippen molar-refractivity contribution < 1.29 is 4.79 Å². The van der Waals surface area contributed by atoms with E-state index in [1.165, 1.54) is 5.56 Å². The molecule has 2 aliphatic heterocycles. The fourth-order valence-corrected chi connectivity index (χ4v) is 4.55. The number of piperidine rings is 1. The Morgan fingerprint density at radius 3 is 2.73 bits per heavy atom. The minimum absolute atomic E-state index is 0.282. The molecule has 1 aromatic heterocycles. The maximum Gasteiger partial charge on any atom is 0.227 e. The molecule has 0 unspecified atom stereocenters. The Balaban J connectivity index is 1.57. The van der Waals surface area contributed by atoms with Crippen LogP contribution in [0.2, 0.25) is 0 Å². The second-order valence-electron chi connectivity index (χ2n) is 6.16. The molecule has 0 radical (unpaired) electrons. The Hall–Kier alpha value is -1.65. The molecule has 2 aromatic rings. The van der Waals surface area contributed by atoms with Crippen molar-refractivity contribution >= 4 is 22.9 Å². The van der Waals surface area contributed by atoms with Gasteiger partial charge in [-0.25, -0.2) is 0 Å². The van der Waals surface area contributed by atoms with Gasteiger partial charge in [0.1, 0.15) is 0 Å². The summed E-state index contributed by atoms with van der Waals surface area (Å²) in [5, 5.41) is 4.37. The Morgan fingerprint density at radius 2 is 1.95 bits per heavy atom. The van der Waals surface area contributed by atoms with Crippen LogP contribution in [-0.4, -0.2) is 29.4 Å². The lowest BCUT2D eigenvalue weighted by molar-refractivity contribution is -0.120. The van der Waals surface area contributed by atoms with E-state index in [9.17, 15) is 4.79 Å². The number of hydrogen-bond acceptors (Lipinski definition) is 3.